The second-order valence-corrected chi connectivity index (χ2v) is 6.02. The van der Waals surface area contributed by atoms with E-state index in [-0.39, 0.29) is 23.9 Å². The van der Waals surface area contributed by atoms with Crippen LogP contribution < -0.4 is 11.1 Å². The minimum absolute atomic E-state index is 0.0580. The molecule has 2 unspecified atom stereocenters. The van der Waals surface area contributed by atoms with Gasteiger partial charge in [-0.05, 0) is 25.1 Å². The summed E-state index contributed by atoms with van der Waals surface area (Å²) in [4.78, 5) is 11.8. The third kappa shape index (κ3) is 4.76. The fraction of sp³-hybridized carbons (Fsp3) is 0.357. The summed E-state index contributed by atoms with van der Waals surface area (Å²) in [5.41, 5.74) is 5.64. The molecule has 0 aliphatic rings. The molecule has 2 atom stereocenters. The van der Waals surface area contributed by atoms with Crippen molar-refractivity contribution < 1.29 is 13.4 Å². The maximum Gasteiger partial charge on any atom is 0.254 e. The standard InChI is InChI=1S/C14H17FN2O2S/c1-10(20(2)19)9-17-14(18)12-6-5-11(4-3-7-16)8-13(12)15/h5-6,8,10H,7,9,16H2,1-2H3,(H,17,18). The van der Waals surface area contributed by atoms with Crippen molar-refractivity contribution in [3.63, 3.8) is 0 Å². The summed E-state index contributed by atoms with van der Waals surface area (Å²) in [6.07, 6.45) is 1.56. The Morgan fingerprint density at radius 1 is 1.55 bits per heavy atom. The van der Waals surface area contributed by atoms with Crippen molar-refractivity contribution in [1.29, 1.82) is 0 Å². The van der Waals surface area contributed by atoms with Crippen LogP contribution in [0, 0.1) is 17.7 Å². The Bertz CT molecular complexity index is 578. The third-order valence-electron chi connectivity index (χ3n) is 2.67. The molecular formula is C14H17FN2O2S. The van der Waals surface area contributed by atoms with Gasteiger partial charge in [-0.1, -0.05) is 11.8 Å². The van der Waals surface area contributed by atoms with E-state index in [1.807, 2.05) is 0 Å². The van der Waals surface area contributed by atoms with E-state index < -0.39 is 22.5 Å². The average molecular weight is 296 g/mol. The molecule has 1 amide bonds. The molecule has 4 nitrogen and oxygen atoms in total. The first kappa shape index (κ1) is 16.3. The number of hydrogen-bond acceptors (Lipinski definition) is 3. The Morgan fingerprint density at radius 3 is 2.80 bits per heavy atom. The molecule has 0 saturated carbocycles. The molecular weight excluding hydrogens is 279 g/mol. The van der Waals surface area contributed by atoms with Crippen molar-refractivity contribution >= 4 is 16.7 Å². The lowest BCUT2D eigenvalue weighted by molar-refractivity contribution is 0.0950. The Kier molecular flexibility index (Phi) is 6.36. The molecule has 108 valence electrons. The zero-order valence-electron chi connectivity index (χ0n) is 11.4. The van der Waals surface area contributed by atoms with Crippen LogP contribution in [0.4, 0.5) is 4.39 Å². The molecule has 6 heteroatoms. The number of carbonyl (C=O) groups is 1. The smallest absolute Gasteiger partial charge is 0.254 e. The van der Waals surface area contributed by atoms with Crippen molar-refractivity contribution in [2.75, 3.05) is 19.3 Å². The number of nitrogens with two attached hydrogens (primary N) is 1. The first-order valence-corrected chi connectivity index (χ1v) is 7.66. The maximum absolute atomic E-state index is 13.8. The highest BCUT2D eigenvalue weighted by atomic mass is 32.2. The lowest BCUT2D eigenvalue weighted by Crippen LogP contribution is -2.33. The van der Waals surface area contributed by atoms with Crippen molar-refractivity contribution in [3.05, 3.63) is 35.1 Å². The zero-order chi connectivity index (χ0) is 15.1. The Morgan fingerprint density at radius 2 is 2.25 bits per heavy atom. The summed E-state index contributed by atoms with van der Waals surface area (Å²) in [6.45, 7) is 2.17. The number of amides is 1. The van der Waals surface area contributed by atoms with E-state index >= 15 is 0 Å². The Hall–Kier alpha value is -1.71. The summed E-state index contributed by atoms with van der Waals surface area (Å²) < 4.78 is 25.0. The first-order valence-electron chi connectivity index (χ1n) is 6.04. The molecule has 1 aromatic rings. The van der Waals surface area contributed by atoms with Crippen LogP contribution in [0.15, 0.2) is 18.2 Å². The molecule has 0 aliphatic carbocycles. The van der Waals surface area contributed by atoms with Gasteiger partial charge in [-0.25, -0.2) is 4.39 Å². The number of halogens is 1. The second-order valence-electron chi connectivity index (χ2n) is 4.22. The van der Waals surface area contributed by atoms with Crippen molar-refractivity contribution in [3.8, 4) is 11.8 Å². The van der Waals surface area contributed by atoms with Crippen LogP contribution in [0.3, 0.4) is 0 Å². The fourth-order valence-electron chi connectivity index (χ4n) is 1.38. The molecule has 20 heavy (non-hydrogen) atoms. The largest absolute Gasteiger partial charge is 0.351 e. The van der Waals surface area contributed by atoms with Gasteiger partial charge in [0.1, 0.15) is 5.82 Å². The van der Waals surface area contributed by atoms with E-state index in [1.165, 1.54) is 12.1 Å². The lowest BCUT2D eigenvalue weighted by atomic mass is 10.1. The molecule has 0 bridgehead atoms. The molecule has 1 aromatic carbocycles. The van der Waals surface area contributed by atoms with Crippen LogP contribution in [0.2, 0.25) is 0 Å². The molecule has 0 aromatic heterocycles. The van der Waals surface area contributed by atoms with E-state index in [4.69, 9.17) is 5.73 Å². The van der Waals surface area contributed by atoms with Crippen LogP contribution in [0.1, 0.15) is 22.8 Å². The minimum Gasteiger partial charge on any atom is -0.351 e. The van der Waals surface area contributed by atoms with Crippen molar-refractivity contribution in [2.45, 2.75) is 12.2 Å². The molecule has 0 fully saturated rings. The van der Waals surface area contributed by atoms with Crippen molar-refractivity contribution in [1.82, 2.24) is 5.32 Å². The van der Waals surface area contributed by atoms with Gasteiger partial charge in [-0.3, -0.25) is 9.00 Å². The number of benzene rings is 1. The summed E-state index contributed by atoms with van der Waals surface area (Å²) in [5.74, 6) is 4.13. The Balaban J connectivity index is 2.76. The minimum atomic E-state index is -1.03. The van der Waals surface area contributed by atoms with Gasteiger partial charge in [0.15, 0.2) is 0 Å². The lowest BCUT2D eigenvalue weighted by Gasteiger charge is -2.10. The topological polar surface area (TPSA) is 72.2 Å². The van der Waals surface area contributed by atoms with E-state index in [0.29, 0.717) is 5.56 Å². The van der Waals surface area contributed by atoms with Gasteiger partial charge in [-0.15, -0.1) is 0 Å². The molecule has 0 aliphatic heterocycles. The van der Waals surface area contributed by atoms with Crippen LogP contribution in [-0.2, 0) is 10.8 Å². The maximum atomic E-state index is 13.8. The SMILES string of the molecule is CC(CNC(=O)c1ccc(C#CCN)cc1F)S(C)=O. The predicted molar refractivity (Wildman–Crippen MR) is 78.2 cm³/mol. The van der Waals surface area contributed by atoms with E-state index in [1.54, 1.807) is 19.2 Å². The Labute approximate surface area is 120 Å². The third-order valence-corrected chi connectivity index (χ3v) is 3.97. The van der Waals surface area contributed by atoms with Gasteiger partial charge in [0.2, 0.25) is 0 Å². The van der Waals surface area contributed by atoms with Crippen molar-refractivity contribution in [2.24, 2.45) is 5.73 Å². The van der Waals surface area contributed by atoms with E-state index in [9.17, 15) is 13.4 Å². The highest BCUT2D eigenvalue weighted by Crippen LogP contribution is 2.10. The van der Waals surface area contributed by atoms with Crippen LogP contribution in [0.25, 0.3) is 0 Å². The quantitative estimate of drug-likeness (QED) is 0.801. The first-order chi connectivity index (χ1) is 9.45. The number of nitrogens with one attached hydrogen (secondary N) is 1. The number of hydrogen-bond donors (Lipinski definition) is 2. The van der Waals surface area contributed by atoms with Gasteiger partial charge in [-0.2, -0.15) is 0 Å². The molecule has 0 heterocycles. The summed E-state index contributed by atoms with van der Waals surface area (Å²) in [5, 5.41) is 2.37. The molecule has 0 saturated heterocycles. The predicted octanol–water partition coefficient (Wildman–Crippen LogP) is 0.633. The second kappa shape index (κ2) is 7.78. The van der Waals surface area contributed by atoms with Gasteiger partial charge in [0, 0.05) is 34.4 Å². The van der Waals surface area contributed by atoms with Gasteiger partial charge < -0.3 is 11.1 Å². The van der Waals surface area contributed by atoms with Crippen LogP contribution in [0.5, 0.6) is 0 Å². The monoisotopic (exact) mass is 296 g/mol. The summed E-state index contributed by atoms with van der Waals surface area (Å²) in [6, 6.07) is 4.12. The van der Waals surface area contributed by atoms with E-state index in [0.717, 1.165) is 0 Å². The molecule has 3 N–H and O–H groups in total. The van der Waals surface area contributed by atoms with Gasteiger partial charge >= 0.3 is 0 Å². The summed E-state index contributed by atoms with van der Waals surface area (Å²) >= 11 is 0. The molecule has 0 radical (unpaired) electrons. The molecule has 1 rings (SSSR count). The normalized spacial score (nSPS) is 13.0. The average Bonchev–Trinajstić information content (AvgIpc) is 2.42. The summed E-state index contributed by atoms with van der Waals surface area (Å²) in [7, 11) is -1.03. The van der Waals surface area contributed by atoms with Crippen LogP contribution in [-0.4, -0.2) is 34.7 Å². The van der Waals surface area contributed by atoms with Gasteiger partial charge in [0.05, 0.1) is 12.1 Å². The number of rotatable bonds is 4. The number of carbonyl (C=O) groups excluding carboxylic acids is 1. The fourth-order valence-corrected chi connectivity index (χ4v) is 1.70. The highest BCUT2D eigenvalue weighted by molar-refractivity contribution is 7.84. The van der Waals surface area contributed by atoms with Crippen LogP contribution >= 0.6 is 0 Å². The van der Waals surface area contributed by atoms with Gasteiger partial charge in [0.25, 0.3) is 5.91 Å². The highest BCUT2D eigenvalue weighted by Gasteiger charge is 2.14. The zero-order valence-corrected chi connectivity index (χ0v) is 12.2. The van der Waals surface area contributed by atoms with E-state index in [2.05, 4.69) is 17.2 Å². The molecule has 0 spiro atoms.